The molecule has 2 aromatic rings. The van der Waals surface area contributed by atoms with E-state index in [2.05, 4.69) is 22.5 Å². The third kappa shape index (κ3) is 2.25. The van der Waals surface area contributed by atoms with Gasteiger partial charge in [-0.2, -0.15) is 5.10 Å². The molecule has 1 amide bonds. The highest BCUT2D eigenvalue weighted by molar-refractivity contribution is 6.03. The second-order valence-electron chi connectivity index (χ2n) is 5.11. The van der Waals surface area contributed by atoms with Gasteiger partial charge in [-0.05, 0) is 18.8 Å². The highest BCUT2D eigenvalue weighted by Gasteiger charge is 2.27. The molecule has 1 unspecified atom stereocenters. The van der Waals surface area contributed by atoms with Crippen LogP contribution in [0.1, 0.15) is 35.2 Å². The van der Waals surface area contributed by atoms with E-state index < -0.39 is 0 Å². The Kier molecular flexibility index (Phi) is 2.85. The number of aromatic nitrogens is 3. The zero-order chi connectivity index (χ0) is 13.4. The molecule has 6 nitrogen and oxygen atoms in total. The van der Waals surface area contributed by atoms with Crippen LogP contribution in [-0.2, 0) is 19.9 Å². The van der Waals surface area contributed by atoms with Crippen LogP contribution in [0.4, 0.5) is 5.82 Å². The van der Waals surface area contributed by atoms with Crippen molar-refractivity contribution in [2.24, 2.45) is 13.0 Å². The van der Waals surface area contributed by atoms with Gasteiger partial charge in [-0.3, -0.25) is 9.48 Å². The van der Waals surface area contributed by atoms with Crippen LogP contribution in [0, 0.1) is 5.92 Å². The molecule has 0 aromatic carbocycles. The van der Waals surface area contributed by atoms with E-state index in [1.807, 2.05) is 0 Å². The lowest BCUT2D eigenvalue weighted by molar-refractivity contribution is 0.101. The molecule has 0 aliphatic heterocycles. The number of carbonyl (C=O) groups excluding carboxylic acids is 1. The molecule has 3 rings (SSSR count). The fraction of sp³-hybridized carbons (Fsp3) is 0.462. The first-order valence-corrected chi connectivity index (χ1v) is 6.42. The number of carbonyl (C=O) groups is 1. The van der Waals surface area contributed by atoms with Crippen molar-refractivity contribution in [2.45, 2.75) is 26.2 Å². The maximum Gasteiger partial charge on any atom is 0.279 e. The fourth-order valence-electron chi connectivity index (χ4n) is 2.41. The summed E-state index contributed by atoms with van der Waals surface area (Å²) in [6.07, 6.45) is 4.57. The largest absolute Gasteiger partial charge is 0.360 e. The van der Waals surface area contributed by atoms with E-state index in [1.54, 1.807) is 24.0 Å². The standard InChI is InChI=1S/C13H16N4O2/c1-8-3-4-10-9(7-8)12(16-19-10)13(18)14-11-5-6-17(2)15-11/h5-6,8H,3-4,7H2,1-2H3,(H,14,15,18). The molecule has 0 radical (unpaired) electrons. The maximum absolute atomic E-state index is 12.2. The SMILES string of the molecule is CC1CCc2onc(C(=O)Nc3ccn(C)n3)c2C1. The van der Waals surface area contributed by atoms with Crippen molar-refractivity contribution in [3.05, 3.63) is 29.3 Å². The number of amides is 1. The van der Waals surface area contributed by atoms with Gasteiger partial charge in [-0.15, -0.1) is 0 Å². The molecule has 1 N–H and O–H groups in total. The molecule has 0 saturated heterocycles. The molecule has 2 aromatic heterocycles. The Hall–Kier alpha value is -2.11. The molecule has 6 heteroatoms. The minimum atomic E-state index is -0.252. The number of hydrogen-bond donors (Lipinski definition) is 1. The van der Waals surface area contributed by atoms with Crippen molar-refractivity contribution in [3.63, 3.8) is 0 Å². The third-order valence-corrected chi connectivity index (χ3v) is 3.46. The summed E-state index contributed by atoms with van der Waals surface area (Å²) in [5.74, 6) is 1.68. The number of fused-ring (bicyclic) bond motifs is 1. The number of hydrogen-bond acceptors (Lipinski definition) is 4. The lowest BCUT2D eigenvalue weighted by Gasteiger charge is -2.16. The average Bonchev–Trinajstić information content (AvgIpc) is 2.95. The average molecular weight is 260 g/mol. The van der Waals surface area contributed by atoms with Gasteiger partial charge >= 0.3 is 0 Å². The number of anilines is 1. The van der Waals surface area contributed by atoms with Crippen molar-refractivity contribution >= 4 is 11.7 Å². The second kappa shape index (κ2) is 4.53. The fourth-order valence-corrected chi connectivity index (χ4v) is 2.41. The quantitative estimate of drug-likeness (QED) is 0.893. The number of rotatable bonds is 2. The zero-order valence-electron chi connectivity index (χ0n) is 11.0. The van der Waals surface area contributed by atoms with Gasteiger partial charge in [0.15, 0.2) is 11.5 Å². The minimum Gasteiger partial charge on any atom is -0.360 e. The molecule has 1 atom stereocenters. The normalized spacial score (nSPS) is 18.1. The van der Waals surface area contributed by atoms with Crippen LogP contribution in [-0.4, -0.2) is 20.8 Å². The van der Waals surface area contributed by atoms with Crippen molar-refractivity contribution in [3.8, 4) is 0 Å². The van der Waals surface area contributed by atoms with Crippen molar-refractivity contribution < 1.29 is 9.32 Å². The topological polar surface area (TPSA) is 73.0 Å². The Morgan fingerprint density at radius 3 is 3.16 bits per heavy atom. The van der Waals surface area contributed by atoms with E-state index in [0.29, 0.717) is 17.4 Å². The summed E-state index contributed by atoms with van der Waals surface area (Å²) in [7, 11) is 1.80. The molecule has 1 aliphatic carbocycles. The summed E-state index contributed by atoms with van der Waals surface area (Å²) in [5.41, 5.74) is 1.35. The number of nitrogens with zero attached hydrogens (tertiary/aromatic N) is 3. The Morgan fingerprint density at radius 1 is 1.58 bits per heavy atom. The first kappa shape index (κ1) is 12.0. The van der Waals surface area contributed by atoms with E-state index >= 15 is 0 Å². The van der Waals surface area contributed by atoms with Gasteiger partial charge in [0.1, 0.15) is 5.76 Å². The van der Waals surface area contributed by atoms with Gasteiger partial charge in [0.05, 0.1) is 0 Å². The molecule has 0 spiro atoms. The summed E-state index contributed by atoms with van der Waals surface area (Å²) >= 11 is 0. The van der Waals surface area contributed by atoms with Gasteiger partial charge in [0, 0.05) is 31.3 Å². The summed E-state index contributed by atoms with van der Waals surface area (Å²) in [6, 6.07) is 1.74. The zero-order valence-corrected chi connectivity index (χ0v) is 11.0. The first-order chi connectivity index (χ1) is 9.13. The van der Waals surface area contributed by atoms with Gasteiger partial charge in [-0.1, -0.05) is 12.1 Å². The van der Waals surface area contributed by atoms with Crippen LogP contribution in [0.3, 0.4) is 0 Å². The van der Waals surface area contributed by atoms with Gasteiger partial charge in [0.25, 0.3) is 5.91 Å². The molecule has 2 heterocycles. The van der Waals surface area contributed by atoms with Gasteiger partial charge in [-0.25, -0.2) is 0 Å². The van der Waals surface area contributed by atoms with Crippen LogP contribution in [0.5, 0.6) is 0 Å². The van der Waals surface area contributed by atoms with Crippen molar-refractivity contribution in [2.75, 3.05) is 5.32 Å². The van der Waals surface area contributed by atoms with E-state index in [1.165, 1.54) is 0 Å². The lowest BCUT2D eigenvalue weighted by atomic mass is 9.88. The van der Waals surface area contributed by atoms with Crippen molar-refractivity contribution in [1.29, 1.82) is 0 Å². The van der Waals surface area contributed by atoms with E-state index in [4.69, 9.17) is 4.52 Å². The van der Waals surface area contributed by atoms with E-state index in [9.17, 15) is 4.79 Å². The van der Waals surface area contributed by atoms with E-state index in [-0.39, 0.29) is 5.91 Å². The maximum atomic E-state index is 12.2. The first-order valence-electron chi connectivity index (χ1n) is 6.42. The van der Waals surface area contributed by atoms with Crippen LogP contribution in [0.2, 0.25) is 0 Å². The molecule has 0 saturated carbocycles. The predicted molar refractivity (Wildman–Crippen MR) is 68.9 cm³/mol. The van der Waals surface area contributed by atoms with Gasteiger partial charge < -0.3 is 9.84 Å². The highest BCUT2D eigenvalue weighted by atomic mass is 16.5. The Morgan fingerprint density at radius 2 is 2.42 bits per heavy atom. The predicted octanol–water partition coefficient (Wildman–Crippen LogP) is 1.79. The summed E-state index contributed by atoms with van der Waals surface area (Å²) in [5, 5.41) is 10.8. The second-order valence-corrected chi connectivity index (χ2v) is 5.11. The summed E-state index contributed by atoms with van der Waals surface area (Å²) in [4.78, 5) is 12.2. The Balaban J connectivity index is 1.82. The number of aryl methyl sites for hydroxylation is 2. The summed E-state index contributed by atoms with van der Waals surface area (Å²) in [6.45, 7) is 2.18. The lowest BCUT2D eigenvalue weighted by Crippen LogP contribution is -2.18. The monoisotopic (exact) mass is 260 g/mol. The summed E-state index contributed by atoms with van der Waals surface area (Å²) < 4.78 is 6.90. The Labute approximate surface area is 110 Å². The minimum absolute atomic E-state index is 0.252. The molecule has 100 valence electrons. The highest BCUT2D eigenvalue weighted by Crippen LogP contribution is 2.28. The molecule has 1 aliphatic rings. The van der Waals surface area contributed by atoms with Crippen LogP contribution >= 0.6 is 0 Å². The molecule has 19 heavy (non-hydrogen) atoms. The molecular weight excluding hydrogens is 244 g/mol. The van der Waals surface area contributed by atoms with Crippen LogP contribution in [0.15, 0.2) is 16.8 Å². The molecule has 0 bridgehead atoms. The number of nitrogens with one attached hydrogen (secondary N) is 1. The molecule has 0 fully saturated rings. The third-order valence-electron chi connectivity index (χ3n) is 3.46. The Bertz CT molecular complexity index is 614. The van der Waals surface area contributed by atoms with Crippen LogP contribution < -0.4 is 5.32 Å². The van der Waals surface area contributed by atoms with E-state index in [0.717, 1.165) is 30.6 Å². The van der Waals surface area contributed by atoms with Gasteiger partial charge in [0.2, 0.25) is 0 Å². The van der Waals surface area contributed by atoms with Crippen molar-refractivity contribution in [1.82, 2.24) is 14.9 Å². The van der Waals surface area contributed by atoms with Crippen LogP contribution in [0.25, 0.3) is 0 Å². The molecular formula is C13H16N4O2. The smallest absolute Gasteiger partial charge is 0.279 e.